The lowest BCUT2D eigenvalue weighted by molar-refractivity contribution is -0.114. The average molecular weight is 546 g/mol. The number of anilines is 1. The molecule has 1 aliphatic rings. The number of methoxy groups -OCH3 is 1. The molecule has 0 radical (unpaired) electrons. The van der Waals surface area contributed by atoms with Crippen molar-refractivity contribution in [1.29, 1.82) is 0 Å². The van der Waals surface area contributed by atoms with Crippen molar-refractivity contribution in [3.8, 4) is 11.5 Å². The van der Waals surface area contributed by atoms with Gasteiger partial charge in [0.25, 0.3) is 5.91 Å². The van der Waals surface area contributed by atoms with E-state index >= 15 is 0 Å². The minimum absolute atomic E-state index is 0.0627. The van der Waals surface area contributed by atoms with E-state index in [0.717, 1.165) is 35.9 Å². The van der Waals surface area contributed by atoms with Gasteiger partial charge in [-0.3, -0.25) is 4.79 Å². The zero-order valence-electron chi connectivity index (χ0n) is 20.0. The van der Waals surface area contributed by atoms with Crippen molar-refractivity contribution in [3.63, 3.8) is 0 Å². The SMILES string of the molecule is COc1cc(/C=C2/C(=O)N(c3ccc(S(N)(=O)=O)cc3)N=C2C(F)(F)F)ccc1OCCc1ccccc1. The number of rotatable bonds is 8. The Kier molecular flexibility index (Phi) is 7.56. The first kappa shape index (κ1) is 26.9. The van der Waals surface area contributed by atoms with E-state index in [9.17, 15) is 26.4 Å². The van der Waals surface area contributed by atoms with Crippen molar-refractivity contribution in [2.45, 2.75) is 17.5 Å². The number of hydrogen-bond donors (Lipinski definition) is 1. The van der Waals surface area contributed by atoms with Crippen LogP contribution in [0.5, 0.6) is 11.5 Å². The Bertz CT molecular complexity index is 1500. The molecular formula is C26H22F3N3O5S. The fourth-order valence-corrected chi connectivity index (χ4v) is 4.20. The minimum Gasteiger partial charge on any atom is -0.493 e. The summed E-state index contributed by atoms with van der Waals surface area (Å²) < 4.78 is 75.4. The van der Waals surface area contributed by atoms with Crippen molar-refractivity contribution in [1.82, 2.24) is 0 Å². The molecule has 1 heterocycles. The van der Waals surface area contributed by atoms with Crippen molar-refractivity contribution < 1.29 is 35.9 Å². The Balaban J connectivity index is 1.59. The normalized spacial score (nSPS) is 15.1. The molecule has 0 saturated heterocycles. The summed E-state index contributed by atoms with van der Waals surface area (Å²) in [5, 5.41) is 9.08. The number of nitrogens with two attached hydrogens (primary N) is 1. The minimum atomic E-state index is -4.93. The van der Waals surface area contributed by atoms with Crippen molar-refractivity contribution >= 4 is 33.4 Å². The van der Waals surface area contributed by atoms with E-state index in [0.29, 0.717) is 23.8 Å². The van der Waals surface area contributed by atoms with Crippen LogP contribution in [-0.4, -0.2) is 39.9 Å². The molecule has 0 saturated carbocycles. The average Bonchev–Trinajstić information content (AvgIpc) is 3.21. The van der Waals surface area contributed by atoms with E-state index < -0.39 is 33.4 Å². The standard InChI is InChI=1S/C26H22F3N3O5S/c1-36-23-16-18(7-12-22(23)37-14-13-17-5-3-2-4-6-17)15-21-24(26(27,28)29)31-32(25(21)33)19-8-10-20(11-9-19)38(30,34)35/h2-12,15-16H,13-14H2,1H3,(H2,30,34,35)/b21-15+. The molecule has 12 heteroatoms. The number of primary sulfonamides is 1. The number of hydrogen-bond acceptors (Lipinski definition) is 6. The van der Waals surface area contributed by atoms with Crippen LogP contribution < -0.4 is 19.6 Å². The maximum Gasteiger partial charge on any atom is 0.435 e. The Morgan fingerprint density at radius 2 is 1.68 bits per heavy atom. The molecule has 0 unspecified atom stereocenters. The van der Waals surface area contributed by atoms with Gasteiger partial charge in [0, 0.05) is 6.42 Å². The summed E-state index contributed by atoms with van der Waals surface area (Å²) in [7, 11) is -2.63. The van der Waals surface area contributed by atoms with Crippen molar-refractivity contribution in [3.05, 3.63) is 89.5 Å². The highest BCUT2D eigenvalue weighted by atomic mass is 32.2. The van der Waals surface area contributed by atoms with Crippen molar-refractivity contribution in [2.75, 3.05) is 18.7 Å². The number of halogens is 3. The number of benzene rings is 3. The zero-order valence-corrected chi connectivity index (χ0v) is 20.8. The molecule has 0 fully saturated rings. The lowest BCUT2D eigenvalue weighted by atomic mass is 10.1. The fourth-order valence-electron chi connectivity index (χ4n) is 3.69. The maximum atomic E-state index is 13.8. The molecule has 38 heavy (non-hydrogen) atoms. The number of hydrazone groups is 1. The van der Waals surface area contributed by atoms with E-state index in [1.165, 1.54) is 19.2 Å². The molecule has 0 spiro atoms. The zero-order chi connectivity index (χ0) is 27.5. The second-order valence-electron chi connectivity index (χ2n) is 8.15. The lowest BCUT2D eigenvalue weighted by Gasteiger charge is -2.13. The summed E-state index contributed by atoms with van der Waals surface area (Å²) in [6.45, 7) is 0.351. The Hall–Kier alpha value is -4.16. The largest absolute Gasteiger partial charge is 0.493 e. The number of nitrogens with zero attached hydrogens (tertiary/aromatic N) is 2. The van der Waals surface area contributed by atoms with Gasteiger partial charge in [0.05, 0.1) is 29.9 Å². The van der Waals surface area contributed by atoms with Gasteiger partial charge < -0.3 is 9.47 Å². The highest BCUT2D eigenvalue weighted by Crippen LogP contribution is 2.34. The van der Waals surface area contributed by atoms with E-state index in [1.54, 1.807) is 6.07 Å². The quantitative estimate of drug-likeness (QED) is 0.424. The smallest absolute Gasteiger partial charge is 0.435 e. The van der Waals surface area contributed by atoms with E-state index in [1.807, 2.05) is 30.3 Å². The summed E-state index contributed by atoms with van der Waals surface area (Å²) in [5.74, 6) is -0.369. The van der Waals surface area contributed by atoms with Crippen LogP contribution in [-0.2, 0) is 21.2 Å². The van der Waals surface area contributed by atoms with Gasteiger partial charge in [-0.15, -0.1) is 0 Å². The third kappa shape index (κ3) is 6.03. The number of ether oxygens (including phenoxy) is 2. The van der Waals surface area contributed by atoms with Crippen LogP contribution in [0.1, 0.15) is 11.1 Å². The molecule has 198 valence electrons. The molecule has 4 rings (SSSR count). The van der Waals surface area contributed by atoms with Gasteiger partial charge in [0.1, 0.15) is 0 Å². The number of carbonyl (C=O) groups excluding carboxylic acids is 1. The predicted molar refractivity (Wildman–Crippen MR) is 135 cm³/mol. The van der Waals surface area contributed by atoms with E-state index in [-0.39, 0.29) is 21.9 Å². The molecule has 0 aliphatic carbocycles. The van der Waals surface area contributed by atoms with Crippen molar-refractivity contribution in [2.24, 2.45) is 10.2 Å². The topological polar surface area (TPSA) is 111 Å². The third-order valence-corrected chi connectivity index (χ3v) is 6.48. The highest BCUT2D eigenvalue weighted by Gasteiger charge is 2.46. The van der Waals surface area contributed by atoms with E-state index in [2.05, 4.69) is 5.10 Å². The first-order valence-corrected chi connectivity index (χ1v) is 12.7. The van der Waals surface area contributed by atoms with E-state index in [4.69, 9.17) is 14.6 Å². The number of sulfonamides is 1. The van der Waals surface area contributed by atoms with Gasteiger partial charge >= 0.3 is 6.18 Å². The highest BCUT2D eigenvalue weighted by molar-refractivity contribution is 7.89. The number of carbonyl (C=O) groups is 1. The first-order valence-electron chi connectivity index (χ1n) is 11.2. The second-order valence-corrected chi connectivity index (χ2v) is 9.72. The van der Waals surface area contributed by atoms with Crippen LogP contribution in [0.25, 0.3) is 6.08 Å². The summed E-state index contributed by atoms with van der Waals surface area (Å²) in [6.07, 6.45) is -3.23. The molecule has 3 aromatic carbocycles. The van der Waals surface area contributed by atoms with Crippen LogP contribution >= 0.6 is 0 Å². The van der Waals surface area contributed by atoms with Crippen LogP contribution in [0.15, 0.2) is 88.4 Å². The molecular weight excluding hydrogens is 523 g/mol. The van der Waals surface area contributed by atoms with Gasteiger partial charge in [-0.2, -0.15) is 23.3 Å². The number of amides is 1. The predicted octanol–water partition coefficient (Wildman–Crippen LogP) is 4.31. The van der Waals surface area contributed by atoms with Gasteiger partial charge in [-0.1, -0.05) is 36.4 Å². The molecule has 1 aliphatic heterocycles. The summed E-state index contributed by atoms with van der Waals surface area (Å²) in [6, 6.07) is 18.6. The van der Waals surface area contributed by atoms with Crippen LogP contribution in [0.3, 0.4) is 0 Å². The molecule has 8 nitrogen and oxygen atoms in total. The molecule has 2 N–H and O–H groups in total. The summed E-state index contributed by atoms with van der Waals surface area (Å²) in [4.78, 5) is 12.7. The van der Waals surface area contributed by atoms with Gasteiger partial charge in [-0.25, -0.2) is 13.6 Å². The molecule has 1 amide bonds. The third-order valence-electron chi connectivity index (χ3n) is 5.55. The molecule has 0 bridgehead atoms. The summed E-state index contributed by atoms with van der Waals surface area (Å²) >= 11 is 0. The van der Waals surface area contributed by atoms with Crippen LogP contribution in [0, 0.1) is 0 Å². The summed E-state index contributed by atoms with van der Waals surface area (Å²) in [5.41, 5.74) is -0.806. The molecule has 0 aromatic heterocycles. The Morgan fingerprint density at radius 3 is 2.29 bits per heavy atom. The lowest BCUT2D eigenvalue weighted by Crippen LogP contribution is -2.25. The molecule has 3 aromatic rings. The Labute approximate surface area is 216 Å². The van der Waals surface area contributed by atoms with Crippen LogP contribution in [0.4, 0.5) is 18.9 Å². The Morgan fingerprint density at radius 1 is 1.00 bits per heavy atom. The second kappa shape index (κ2) is 10.7. The van der Waals surface area contributed by atoms with Crippen LogP contribution in [0.2, 0.25) is 0 Å². The van der Waals surface area contributed by atoms with Gasteiger partial charge in [-0.05, 0) is 53.6 Å². The van der Waals surface area contributed by atoms with Gasteiger partial charge in [0.15, 0.2) is 17.2 Å². The number of alkyl halides is 3. The molecule has 0 atom stereocenters. The van der Waals surface area contributed by atoms with Gasteiger partial charge in [0.2, 0.25) is 10.0 Å². The fraction of sp³-hybridized carbons (Fsp3) is 0.154. The maximum absolute atomic E-state index is 13.8. The first-order chi connectivity index (χ1) is 18.0. The monoisotopic (exact) mass is 545 g/mol.